The Bertz CT molecular complexity index is 598. The van der Waals surface area contributed by atoms with Crippen LogP contribution in [0.1, 0.15) is 36.1 Å². The van der Waals surface area contributed by atoms with Crippen LogP contribution in [-0.2, 0) is 0 Å². The van der Waals surface area contributed by atoms with Gasteiger partial charge >= 0.3 is 0 Å². The Morgan fingerprint density at radius 1 is 1.14 bits per heavy atom. The number of hydrogen-bond acceptors (Lipinski definition) is 2. The van der Waals surface area contributed by atoms with Gasteiger partial charge in [-0.3, -0.25) is 0 Å². The summed E-state index contributed by atoms with van der Waals surface area (Å²) in [5, 5.41) is 3.29. The summed E-state index contributed by atoms with van der Waals surface area (Å²) in [7, 11) is 1.91. The molecule has 0 saturated carbocycles. The topological polar surface area (TPSA) is 21.3 Å². The number of rotatable bonds is 6. The van der Waals surface area contributed by atoms with E-state index in [9.17, 15) is 4.39 Å². The SMILES string of the molecule is CCCOc1cccc(C(NC)c2ccc(F)c(C)c2)c1. The number of aryl methyl sites for hydroxylation is 1. The van der Waals surface area contributed by atoms with Crippen LogP contribution in [0.2, 0.25) is 0 Å². The summed E-state index contributed by atoms with van der Waals surface area (Å²) in [6.07, 6.45) is 0.983. The Hall–Kier alpha value is -1.87. The highest BCUT2D eigenvalue weighted by atomic mass is 19.1. The van der Waals surface area contributed by atoms with Gasteiger partial charge in [0.15, 0.2) is 0 Å². The third kappa shape index (κ3) is 3.82. The lowest BCUT2D eigenvalue weighted by Gasteiger charge is -2.19. The van der Waals surface area contributed by atoms with E-state index in [0.29, 0.717) is 12.2 Å². The maximum Gasteiger partial charge on any atom is 0.126 e. The first-order valence-electron chi connectivity index (χ1n) is 7.31. The van der Waals surface area contributed by atoms with Crippen molar-refractivity contribution < 1.29 is 9.13 Å². The number of nitrogens with one attached hydrogen (secondary N) is 1. The van der Waals surface area contributed by atoms with Crippen LogP contribution in [0.3, 0.4) is 0 Å². The van der Waals surface area contributed by atoms with Crippen LogP contribution < -0.4 is 10.1 Å². The van der Waals surface area contributed by atoms with Crippen molar-refractivity contribution in [1.82, 2.24) is 5.32 Å². The van der Waals surface area contributed by atoms with Crippen LogP contribution in [0, 0.1) is 12.7 Å². The van der Waals surface area contributed by atoms with Gasteiger partial charge in [-0.05, 0) is 55.3 Å². The van der Waals surface area contributed by atoms with E-state index in [4.69, 9.17) is 4.74 Å². The minimum Gasteiger partial charge on any atom is -0.494 e. The van der Waals surface area contributed by atoms with Crippen molar-refractivity contribution in [2.24, 2.45) is 0 Å². The highest BCUT2D eigenvalue weighted by molar-refractivity contribution is 5.38. The molecule has 21 heavy (non-hydrogen) atoms. The van der Waals surface area contributed by atoms with Gasteiger partial charge < -0.3 is 10.1 Å². The van der Waals surface area contributed by atoms with Crippen molar-refractivity contribution in [2.45, 2.75) is 26.3 Å². The zero-order chi connectivity index (χ0) is 15.2. The molecule has 1 atom stereocenters. The quantitative estimate of drug-likeness (QED) is 0.858. The molecule has 2 aromatic carbocycles. The van der Waals surface area contributed by atoms with Crippen LogP contribution in [-0.4, -0.2) is 13.7 Å². The van der Waals surface area contributed by atoms with E-state index in [1.807, 2.05) is 37.4 Å². The second-order valence-electron chi connectivity index (χ2n) is 5.15. The summed E-state index contributed by atoms with van der Waals surface area (Å²) >= 11 is 0. The molecule has 0 aliphatic heterocycles. The zero-order valence-corrected chi connectivity index (χ0v) is 12.8. The molecule has 0 aliphatic rings. The molecule has 112 valence electrons. The van der Waals surface area contributed by atoms with Crippen molar-refractivity contribution in [1.29, 1.82) is 0 Å². The van der Waals surface area contributed by atoms with Gasteiger partial charge in [-0.2, -0.15) is 0 Å². The average Bonchev–Trinajstić information content (AvgIpc) is 2.50. The second-order valence-corrected chi connectivity index (χ2v) is 5.15. The summed E-state index contributed by atoms with van der Waals surface area (Å²) in [6.45, 7) is 4.58. The Morgan fingerprint density at radius 3 is 2.57 bits per heavy atom. The molecule has 2 nitrogen and oxygen atoms in total. The van der Waals surface area contributed by atoms with Crippen LogP contribution in [0.25, 0.3) is 0 Å². The third-order valence-corrected chi connectivity index (χ3v) is 3.47. The molecule has 0 aromatic heterocycles. The first-order valence-corrected chi connectivity index (χ1v) is 7.31. The molecule has 0 bridgehead atoms. The van der Waals surface area contributed by atoms with E-state index in [0.717, 1.165) is 23.3 Å². The van der Waals surface area contributed by atoms with E-state index in [-0.39, 0.29) is 11.9 Å². The molecule has 1 N–H and O–H groups in total. The summed E-state index contributed by atoms with van der Waals surface area (Å²) < 4.78 is 19.1. The standard InChI is InChI=1S/C18H22FNO/c1-4-10-21-16-7-5-6-14(12-16)18(20-3)15-8-9-17(19)13(2)11-15/h5-9,11-12,18,20H,4,10H2,1-3H3. The van der Waals surface area contributed by atoms with E-state index in [1.165, 1.54) is 6.07 Å². The molecule has 1 unspecified atom stereocenters. The summed E-state index contributed by atoms with van der Waals surface area (Å²) in [6, 6.07) is 13.3. The molecular weight excluding hydrogens is 265 g/mol. The van der Waals surface area contributed by atoms with Gasteiger partial charge in [-0.1, -0.05) is 31.2 Å². The highest BCUT2D eigenvalue weighted by Gasteiger charge is 2.13. The molecule has 0 aliphatic carbocycles. The molecule has 0 heterocycles. The smallest absolute Gasteiger partial charge is 0.126 e. The van der Waals surface area contributed by atoms with Gasteiger partial charge in [0.25, 0.3) is 0 Å². The normalized spacial score (nSPS) is 12.2. The fraction of sp³-hybridized carbons (Fsp3) is 0.333. The van der Waals surface area contributed by atoms with Crippen LogP contribution in [0.4, 0.5) is 4.39 Å². The van der Waals surface area contributed by atoms with Gasteiger partial charge in [-0.25, -0.2) is 4.39 Å². The van der Waals surface area contributed by atoms with Crippen molar-refractivity contribution >= 4 is 0 Å². The lowest BCUT2D eigenvalue weighted by molar-refractivity contribution is 0.317. The number of benzene rings is 2. The maximum absolute atomic E-state index is 13.4. The minimum atomic E-state index is -0.173. The average molecular weight is 287 g/mol. The number of halogens is 1. The Kier molecular flexibility index (Phi) is 5.34. The predicted molar refractivity (Wildman–Crippen MR) is 84.3 cm³/mol. The first kappa shape index (κ1) is 15.5. The molecule has 0 fully saturated rings. The number of ether oxygens (including phenoxy) is 1. The summed E-state index contributed by atoms with van der Waals surface area (Å²) in [5.41, 5.74) is 2.81. The monoisotopic (exact) mass is 287 g/mol. The number of hydrogen-bond donors (Lipinski definition) is 1. The Labute approximate surface area is 126 Å². The lowest BCUT2D eigenvalue weighted by atomic mass is 9.97. The van der Waals surface area contributed by atoms with Crippen molar-refractivity contribution in [2.75, 3.05) is 13.7 Å². The van der Waals surface area contributed by atoms with Gasteiger partial charge in [0.05, 0.1) is 12.6 Å². The molecule has 0 radical (unpaired) electrons. The second kappa shape index (κ2) is 7.23. The van der Waals surface area contributed by atoms with Crippen LogP contribution >= 0.6 is 0 Å². The van der Waals surface area contributed by atoms with E-state index in [2.05, 4.69) is 18.3 Å². The summed E-state index contributed by atoms with van der Waals surface area (Å²) in [4.78, 5) is 0. The van der Waals surface area contributed by atoms with E-state index >= 15 is 0 Å². The molecule has 2 rings (SSSR count). The molecule has 3 heteroatoms. The maximum atomic E-state index is 13.4. The first-order chi connectivity index (χ1) is 10.2. The predicted octanol–water partition coefficient (Wildman–Crippen LogP) is 4.23. The zero-order valence-electron chi connectivity index (χ0n) is 12.8. The van der Waals surface area contributed by atoms with Crippen LogP contribution in [0.15, 0.2) is 42.5 Å². The Morgan fingerprint density at radius 2 is 1.90 bits per heavy atom. The molecule has 0 saturated heterocycles. The largest absolute Gasteiger partial charge is 0.494 e. The summed E-state index contributed by atoms with van der Waals surface area (Å²) in [5.74, 6) is 0.696. The molecule has 0 amide bonds. The fourth-order valence-corrected chi connectivity index (χ4v) is 2.38. The Balaban J connectivity index is 2.30. The minimum absolute atomic E-state index is 0.0227. The van der Waals surface area contributed by atoms with Gasteiger partial charge in [0, 0.05) is 0 Å². The van der Waals surface area contributed by atoms with Crippen molar-refractivity contribution in [3.8, 4) is 5.75 Å². The molecule has 2 aromatic rings. The van der Waals surface area contributed by atoms with E-state index in [1.54, 1.807) is 6.92 Å². The van der Waals surface area contributed by atoms with Gasteiger partial charge in [0.2, 0.25) is 0 Å². The van der Waals surface area contributed by atoms with Crippen LogP contribution in [0.5, 0.6) is 5.75 Å². The van der Waals surface area contributed by atoms with Crippen molar-refractivity contribution in [3.05, 3.63) is 65.0 Å². The third-order valence-electron chi connectivity index (χ3n) is 3.47. The highest BCUT2D eigenvalue weighted by Crippen LogP contribution is 2.26. The lowest BCUT2D eigenvalue weighted by Crippen LogP contribution is -2.18. The van der Waals surface area contributed by atoms with Crippen molar-refractivity contribution in [3.63, 3.8) is 0 Å². The molecular formula is C18H22FNO. The molecule has 0 spiro atoms. The van der Waals surface area contributed by atoms with Gasteiger partial charge in [-0.15, -0.1) is 0 Å². The van der Waals surface area contributed by atoms with Gasteiger partial charge in [0.1, 0.15) is 11.6 Å². The fourth-order valence-electron chi connectivity index (χ4n) is 2.38. The van der Waals surface area contributed by atoms with E-state index < -0.39 is 0 Å².